The first-order valence-electron chi connectivity index (χ1n) is 5.33. The zero-order valence-electron chi connectivity index (χ0n) is 9.48. The van der Waals surface area contributed by atoms with Gasteiger partial charge in [0.2, 0.25) is 0 Å². The summed E-state index contributed by atoms with van der Waals surface area (Å²) in [6, 6.07) is 12.5. The molecule has 0 saturated heterocycles. The van der Waals surface area contributed by atoms with Crippen LogP contribution in [-0.2, 0) is 4.79 Å². The Morgan fingerprint density at radius 1 is 1.22 bits per heavy atom. The van der Waals surface area contributed by atoms with Gasteiger partial charge in [-0.15, -0.1) is 0 Å². The van der Waals surface area contributed by atoms with Crippen molar-refractivity contribution in [3.63, 3.8) is 0 Å². The number of nitrogen functional groups attached to an aromatic ring is 1. The molecule has 92 valence electrons. The molecule has 2 rings (SSSR count). The summed E-state index contributed by atoms with van der Waals surface area (Å²) in [6.45, 7) is 0. The van der Waals surface area contributed by atoms with E-state index in [9.17, 15) is 9.90 Å². The number of aromatic nitrogens is 1. The fourth-order valence-corrected chi connectivity index (χ4v) is 2.37. The third kappa shape index (κ3) is 3.01. The Hall–Kier alpha value is -2.01. The van der Waals surface area contributed by atoms with Gasteiger partial charge in [-0.2, -0.15) is 0 Å². The second-order valence-electron chi connectivity index (χ2n) is 3.68. The monoisotopic (exact) mass is 260 g/mol. The quantitative estimate of drug-likeness (QED) is 0.826. The SMILES string of the molecule is Nc1ccc(SC(C(=O)O)c2ccccc2)nc1. The Labute approximate surface area is 109 Å². The molecule has 18 heavy (non-hydrogen) atoms. The van der Waals surface area contributed by atoms with Crippen molar-refractivity contribution in [1.82, 2.24) is 4.98 Å². The van der Waals surface area contributed by atoms with Crippen LogP contribution in [0.2, 0.25) is 0 Å². The highest BCUT2D eigenvalue weighted by molar-refractivity contribution is 8.00. The summed E-state index contributed by atoms with van der Waals surface area (Å²) in [6.07, 6.45) is 1.52. The van der Waals surface area contributed by atoms with Crippen LogP contribution in [0.15, 0.2) is 53.7 Å². The van der Waals surface area contributed by atoms with Gasteiger partial charge in [-0.05, 0) is 17.7 Å². The van der Waals surface area contributed by atoms with E-state index in [0.29, 0.717) is 10.7 Å². The van der Waals surface area contributed by atoms with Crippen molar-refractivity contribution in [3.05, 3.63) is 54.2 Å². The summed E-state index contributed by atoms with van der Waals surface area (Å²) in [5.74, 6) is -0.884. The van der Waals surface area contributed by atoms with E-state index >= 15 is 0 Å². The molecule has 0 aliphatic rings. The van der Waals surface area contributed by atoms with Gasteiger partial charge in [0.25, 0.3) is 0 Å². The molecule has 0 fully saturated rings. The second-order valence-corrected chi connectivity index (χ2v) is 4.80. The molecule has 1 aromatic carbocycles. The molecule has 1 atom stereocenters. The van der Waals surface area contributed by atoms with Crippen molar-refractivity contribution in [2.24, 2.45) is 0 Å². The Kier molecular flexibility index (Phi) is 3.84. The van der Waals surface area contributed by atoms with Crippen LogP contribution in [0.25, 0.3) is 0 Å². The summed E-state index contributed by atoms with van der Waals surface area (Å²) < 4.78 is 0. The van der Waals surface area contributed by atoms with Gasteiger partial charge < -0.3 is 10.8 Å². The molecule has 1 aromatic heterocycles. The summed E-state index contributed by atoms with van der Waals surface area (Å²) >= 11 is 1.19. The summed E-state index contributed by atoms with van der Waals surface area (Å²) in [5, 5.41) is 9.24. The largest absolute Gasteiger partial charge is 0.480 e. The molecule has 1 unspecified atom stereocenters. The number of carbonyl (C=O) groups is 1. The minimum atomic E-state index is -0.884. The summed E-state index contributed by atoms with van der Waals surface area (Å²) in [5.41, 5.74) is 6.85. The summed E-state index contributed by atoms with van der Waals surface area (Å²) in [4.78, 5) is 15.4. The van der Waals surface area contributed by atoms with Crippen molar-refractivity contribution < 1.29 is 9.90 Å². The molecule has 5 heteroatoms. The van der Waals surface area contributed by atoms with Crippen LogP contribution >= 0.6 is 11.8 Å². The standard InChI is InChI=1S/C13H12N2O2S/c14-10-6-7-11(15-8-10)18-12(13(16)17)9-4-2-1-3-5-9/h1-8,12H,14H2,(H,16,17). The van der Waals surface area contributed by atoms with E-state index in [-0.39, 0.29) is 0 Å². The van der Waals surface area contributed by atoms with Gasteiger partial charge in [-0.25, -0.2) is 4.98 Å². The number of hydrogen-bond donors (Lipinski definition) is 2. The first kappa shape index (κ1) is 12.4. The van der Waals surface area contributed by atoms with Crippen molar-refractivity contribution in [3.8, 4) is 0 Å². The van der Waals surface area contributed by atoms with Gasteiger partial charge in [0.1, 0.15) is 5.25 Å². The van der Waals surface area contributed by atoms with E-state index in [4.69, 9.17) is 5.73 Å². The van der Waals surface area contributed by atoms with Crippen LogP contribution in [-0.4, -0.2) is 16.1 Å². The number of nitrogens with two attached hydrogens (primary N) is 1. The lowest BCUT2D eigenvalue weighted by atomic mass is 10.1. The highest BCUT2D eigenvalue weighted by Crippen LogP contribution is 2.34. The zero-order valence-corrected chi connectivity index (χ0v) is 10.3. The Balaban J connectivity index is 2.22. The van der Waals surface area contributed by atoms with E-state index < -0.39 is 11.2 Å². The minimum Gasteiger partial charge on any atom is -0.480 e. The van der Waals surface area contributed by atoms with Gasteiger partial charge in [-0.3, -0.25) is 4.79 Å². The van der Waals surface area contributed by atoms with Crippen LogP contribution < -0.4 is 5.73 Å². The molecular formula is C13H12N2O2S. The highest BCUT2D eigenvalue weighted by Gasteiger charge is 2.21. The fourth-order valence-electron chi connectivity index (χ4n) is 1.47. The van der Waals surface area contributed by atoms with Gasteiger partial charge in [0.15, 0.2) is 0 Å². The van der Waals surface area contributed by atoms with Gasteiger partial charge in [-0.1, -0.05) is 42.1 Å². The lowest BCUT2D eigenvalue weighted by Gasteiger charge is -2.11. The molecule has 0 spiro atoms. The van der Waals surface area contributed by atoms with Crippen LogP contribution in [0.5, 0.6) is 0 Å². The number of rotatable bonds is 4. The maximum atomic E-state index is 11.3. The van der Waals surface area contributed by atoms with Crippen molar-refractivity contribution in [2.75, 3.05) is 5.73 Å². The summed E-state index contributed by atoms with van der Waals surface area (Å²) in [7, 11) is 0. The molecule has 0 radical (unpaired) electrons. The number of hydrogen-bond acceptors (Lipinski definition) is 4. The van der Waals surface area contributed by atoms with Crippen molar-refractivity contribution >= 4 is 23.4 Å². The normalized spacial score (nSPS) is 12.0. The maximum absolute atomic E-state index is 11.3. The van der Waals surface area contributed by atoms with Crippen molar-refractivity contribution in [2.45, 2.75) is 10.3 Å². The number of carboxylic acid groups (broad SMARTS) is 1. The molecular weight excluding hydrogens is 248 g/mol. The van der Waals surface area contributed by atoms with Crippen LogP contribution in [0.1, 0.15) is 10.8 Å². The van der Waals surface area contributed by atoms with Gasteiger partial charge in [0, 0.05) is 0 Å². The van der Waals surface area contributed by atoms with E-state index in [2.05, 4.69) is 4.98 Å². The first-order chi connectivity index (χ1) is 8.66. The molecule has 0 aliphatic carbocycles. The highest BCUT2D eigenvalue weighted by atomic mass is 32.2. The molecule has 0 bridgehead atoms. The number of pyridine rings is 1. The molecule has 3 N–H and O–H groups in total. The molecule has 0 aliphatic heterocycles. The average molecular weight is 260 g/mol. The molecule has 2 aromatic rings. The van der Waals surface area contributed by atoms with E-state index in [0.717, 1.165) is 5.56 Å². The topological polar surface area (TPSA) is 76.2 Å². The number of thioether (sulfide) groups is 1. The number of anilines is 1. The van der Waals surface area contributed by atoms with Gasteiger partial charge in [0.05, 0.1) is 16.9 Å². The predicted octanol–water partition coefficient (Wildman–Crippen LogP) is 2.58. The number of nitrogens with zero attached hydrogens (tertiary/aromatic N) is 1. The van der Waals surface area contributed by atoms with E-state index in [1.54, 1.807) is 24.3 Å². The molecule has 0 amide bonds. The first-order valence-corrected chi connectivity index (χ1v) is 6.21. The number of aliphatic carboxylic acids is 1. The maximum Gasteiger partial charge on any atom is 0.321 e. The Morgan fingerprint density at radius 3 is 2.50 bits per heavy atom. The fraction of sp³-hybridized carbons (Fsp3) is 0.0769. The lowest BCUT2D eigenvalue weighted by molar-refractivity contribution is -0.136. The predicted molar refractivity (Wildman–Crippen MR) is 71.3 cm³/mol. The second kappa shape index (κ2) is 5.55. The Morgan fingerprint density at radius 2 is 1.94 bits per heavy atom. The van der Waals surface area contributed by atoms with Crippen LogP contribution in [0.3, 0.4) is 0 Å². The third-order valence-corrected chi connectivity index (χ3v) is 3.52. The van der Waals surface area contributed by atoms with E-state index in [1.807, 2.05) is 18.2 Å². The van der Waals surface area contributed by atoms with Crippen molar-refractivity contribution in [1.29, 1.82) is 0 Å². The van der Waals surface area contributed by atoms with Gasteiger partial charge >= 0.3 is 5.97 Å². The third-order valence-electron chi connectivity index (χ3n) is 2.32. The molecule has 0 saturated carbocycles. The number of carboxylic acids is 1. The smallest absolute Gasteiger partial charge is 0.321 e. The minimum absolute atomic E-state index is 0.561. The average Bonchev–Trinajstić information content (AvgIpc) is 2.38. The number of benzene rings is 1. The Bertz CT molecular complexity index is 528. The van der Waals surface area contributed by atoms with Crippen LogP contribution in [0, 0.1) is 0 Å². The lowest BCUT2D eigenvalue weighted by Crippen LogP contribution is -2.08. The molecule has 4 nitrogen and oxygen atoms in total. The van der Waals surface area contributed by atoms with Crippen LogP contribution in [0.4, 0.5) is 5.69 Å². The van der Waals surface area contributed by atoms with E-state index in [1.165, 1.54) is 18.0 Å². The molecule has 1 heterocycles. The zero-order chi connectivity index (χ0) is 13.0.